The second kappa shape index (κ2) is 10.4. The van der Waals surface area contributed by atoms with Crippen molar-refractivity contribution in [2.75, 3.05) is 26.8 Å². The fourth-order valence-electron chi connectivity index (χ4n) is 5.65. The van der Waals surface area contributed by atoms with Crippen molar-refractivity contribution in [1.29, 1.82) is 0 Å². The van der Waals surface area contributed by atoms with E-state index in [1.54, 1.807) is 7.11 Å². The van der Waals surface area contributed by atoms with E-state index in [4.69, 9.17) is 9.84 Å². The monoisotopic (exact) mass is 487 g/mol. The molecule has 36 heavy (non-hydrogen) atoms. The molecule has 1 fully saturated rings. The van der Waals surface area contributed by atoms with E-state index in [2.05, 4.69) is 65.2 Å². The molecule has 5 rings (SSSR count). The summed E-state index contributed by atoms with van der Waals surface area (Å²) >= 11 is 0. The first-order valence-electron chi connectivity index (χ1n) is 13.1. The smallest absolute Gasteiger partial charge is 0.329 e. The number of fused-ring (bicyclic) bond motifs is 1. The van der Waals surface area contributed by atoms with Crippen molar-refractivity contribution in [2.24, 2.45) is 0 Å². The molecule has 0 spiro atoms. The number of likely N-dealkylation sites (tertiary alicyclic amines) is 1. The zero-order valence-corrected chi connectivity index (χ0v) is 21.9. The van der Waals surface area contributed by atoms with Crippen LogP contribution in [0.25, 0.3) is 33.4 Å². The van der Waals surface area contributed by atoms with Crippen LogP contribution in [0.15, 0.2) is 53.5 Å². The molecule has 1 aliphatic rings. The van der Waals surface area contributed by atoms with Crippen LogP contribution < -0.4 is 5.69 Å². The lowest BCUT2D eigenvalue weighted by molar-refractivity contribution is 0.113. The Bertz CT molecular complexity index is 1410. The number of nitrogens with zero attached hydrogens (tertiary/aromatic N) is 5. The van der Waals surface area contributed by atoms with Crippen molar-refractivity contribution in [2.45, 2.75) is 59.3 Å². The van der Waals surface area contributed by atoms with Crippen LogP contribution in [-0.2, 0) is 24.4 Å². The average molecular weight is 488 g/mol. The van der Waals surface area contributed by atoms with Crippen LogP contribution in [0.5, 0.6) is 0 Å². The quantitative estimate of drug-likeness (QED) is 0.341. The molecule has 0 saturated carbocycles. The fourth-order valence-corrected chi connectivity index (χ4v) is 5.65. The summed E-state index contributed by atoms with van der Waals surface area (Å²) in [5.41, 5.74) is 7.49. The molecule has 1 saturated heterocycles. The van der Waals surface area contributed by atoms with Gasteiger partial charge in [-0.3, -0.25) is 18.7 Å². The van der Waals surface area contributed by atoms with Crippen molar-refractivity contribution in [1.82, 2.24) is 23.8 Å². The number of imidazole rings is 1. The number of hydrogen-bond donors (Lipinski definition) is 0. The SMILES string of the molecule is CCn1c(=O)n(CC)c2cc(-c3cn(CCN4CCCC4COC)nc3-c3cccc(C)c3)ccc21. The summed E-state index contributed by atoms with van der Waals surface area (Å²) in [4.78, 5) is 15.4. The number of aromatic nitrogens is 4. The summed E-state index contributed by atoms with van der Waals surface area (Å²) in [6.45, 7) is 11.2. The highest BCUT2D eigenvalue weighted by Crippen LogP contribution is 2.33. The molecule has 7 nitrogen and oxygen atoms in total. The van der Waals surface area contributed by atoms with Crippen molar-refractivity contribution < 1.29 is 4.74 Å². The van der Waals surface area contributed by atoms with Gasteiger partial charge in [0.25, 0.3) is 0 Å². The topological polar surface area (TPSA) is 57.2 Å². The van der Waals surface area contributed by atoms with Crippen LogP contribution in [-0.4, -0.2) is 56.7 Å². The van der Waals surface area contributed by atoms with Gasteiger partial charge in [-0.25, -0.2) is 4.79 Å². The zero-order chi connectivity index (χ0) is 25.2. The molecule has 3 heterocycles. The molecule has 0 aliphatic carbocycles. The van der Waals surface area contributed by atoms with E-state index < -0.39 is 0 Å². The number of rotatable bonds is 9. The standard InChI is InChI=1S/C29H37N5O2/c1-5-33-26-13-12-22(18-27(26)34(6-2)29(33)35)25-19-32(16-15-31-14-8-11-24(31)20-36-4)30-28(25)23-10-7-9-21(3)17-23/h7,9-10,12-13,17-19,24H,5-6,8,11,14-16,20H2,1-4H3. The Morgan fingerprint density at radius 3 is 2.56 bits per heavy atom. The summed E-state index contributed by atoms with van der Waals surface area (Å²) < 4.78 is 11.2. The molecular formula is C29H37N5O2. The van der Waals surface area contributed by atoms with Crippen molar-refractivity contribution in [3.05, 3.63) is 64.7 Å². The third-order valence-electron chi connectivity index (χ3n) is 7.49. The van der Waals surface area contributed by atoms with Gasteiger partial charge in [0.2, 0.25) is 0 Å². The first kappa shape index (κ1) is 24.5. The second-order valence-electron chi connectivity index (χ2n) is 9.79. The Labute approximate surface area is 212 Å². The lowest BCUT2D eigenvalue weighted by Crippen LogP contribution is -2.35. The van der Waals surface area contributed by atoms with Gasteiger partial charge in [0, 0.05) is 50.1 Å². The summed E-state index contributed by atoms with van der Waals surface area (Å²) in [7, 11) is 1.79. The molecule has 1 aliphatic heterocycles. The molecule has 2 aromatic heterocycles. The van der Waals surface area contributed by atoms with Crippen LogP contribution >= 0.6 is 0 Å². The highest BCUT2D eigenvalue weighted by molar-refractivity contribution is 5.87. The van der Waals surface area contributed by atoms with Crippen LogP contribution in [0, 0.1) is 6.92 Å². The molecule has 2 aromatic carbocycles. The van der Waals surface area contributed by atoms with Gasteiger partial charge in [-0.05, 0) is 63.9 Å². The summed E-state index contributed by atoms with van der Waals surface area (Å²) in [5, 5.41) is 5.08. The zero-order valence-electron chi connectivity index (χ0n) is 21.9. The molecule has 4 aromatic rings. The summed E-state index contributed by atoms with van der Waals surface area (Å²) in [5.74, 6) is 0. The molecule has 190 valence electrons. The van der Waals surface area contributed by atoms with Gasteiger partial charge in [-0.15, -0.1) is 0 Å². The number of hydrogen-bond acceptors (Lipinski definition) is 4. The molecular weight excluding hydrogens is 450 g/mol. The van der Waals surface area contributed by atoms with E-state index in [0.717, 1.165) is 59.7 Å². The minimum absolute atomic E-state index is 0.0537. The Balaban J connectivity index is 1.55. The number of aryl methyl sites for hydroxylation is 3. The Hall–Kier alpha value is -3.16. The first-order chi connectivity index (χ1) is 17.5. The first-order valence-corrected chi connectivity index (χ1v) is 13.1. The number of benzene rings is 2. The number of methoxy groups -OCH3 is 1. The fraction of sp³-hybridized carbons (Fsp3) is 0.448. The van der Waals surface area contributed by atoms with E-state index in [0.29, 0.717) is 19.1 Å². The van der Waals surface area contributed by atoms with Crippen LogP contribution in [0.2, 0.25) is 0 Å². The predicted molar refractivity (Wildman–Crippen MR) is 145 cm³/mol. The molecule has 1 atom stereocenters. The number of ether oxygens (including phenoxy) is 1. The third kappa shape index (κ3) is 4.53. The maximum atomic E-state index is 12.9. The largest absolute Gasteiger partial charge is 0.383 e. The van der Waals surface area contributed by atoms with E-state index in [1.807, 2.05) is 23.0 Å². The van der Waals surface area contributed by atoms with Gasteiger partial charge in [-0.2, -0.15) is 5.10 Å². The van der Waals surface area contributed by atoms with Crippen LogP contribution in [0.3, 0.4) is 0 Å². The highest BCUT2D eigenvalue weighted by Gasteiger charge is 2.24. The highest BCUT2D eigenvalue weighted by atomic mass is 16.5. The molecule has 0 amide bonds. The second-order valence-corrected chi connectivity index (χ2v) is 9.79. The van der Waals surface area contributed by atoms with Gasteiger partial charge < -0.3 is 4.74 Å². The lowest BCUT2D eigenvalue weighted by atomic mass is 10.0. The van der Waals surface area contributed by atoms with Gasteiger partial charge in [0.05, 0.1) is 24.2 Å². The Morgan fingerprint density at radius 2 is 1.81 bits per heavy atom. The van der Waals surface area contributed by atoms with E-state index in [1.165, 1.54) is 18.4 Å². The Morgan fingerprint density at radius 1 is 1.00 bits per heavy atom. The van der Waals surface area contributed by atoms with Gasteiger partial charge >= 0.3 is 5.69 Å². The molecule has 0 N–H and O–H groups in total. The summed E-state index contributed by atoms with van der Waals surface area (Å²) in [6.07, 6.45) is 4.60. The minimum atomic E-state index is 0.0537. The molecule has 0 radical (unpaired) electrons. The lowest BCUT2D eigenvalue weighted by Gasteiger charge is -2.23. The maximum Gasteiger partial charge on any atom is 0.329 e. The Kier molecular flexibility index (Phi) is 7.12. The maximum absolute atomic E-state index is 12.9. The van der Waals surface area contributed by atoms with Gasteiger partial charge in [-0.1, -0.05) is 29.8 Å². The average Bonchev–Trinajstić information content (AvgIpc) is 3.57. The van der Waals surface area contributed by atoms with Crippen molar-refractivity contribution in [3.63, 3.8) is 0 Å². The normalized spacial score (nSPS) is 16.4. The summed E-state index contributed by atoms with van der Waals surface area (Å²) in [6, 6.07) is 15.4. The van der Waals surface area contributed by atoms with Gasteiger partial charge in [0.1, 0.15) is 5.69 Å². The van der Waals surface area contributed by atoms with E-state index in [9.17, 15) is 4.79 Å². The molecule has 1 unspecified atom stereocenters. The van der Waals surface area contributed by atoms with E-state index >= 15 is 0 Å². The molecule has 0 bridgehead atoms. The van der Waals surface area contributed by atoms with Crippen molar-refractivity contribution in [3.8, 4) is 22.4 Å². The molecule has 7 heteroatoms. The van der Waals surface area contributed by atoms with E-state index in [-0.39, 0.29) is 5.69 Å². The van der Waals surface area contributed by atoms with Crippen LogP contribution in [0.1, 0.15) is 32.3 Å². The van der Waals surface area contributed by atoms with Crippen molar-refractivity contribution >= 4 is 11.0 Å². The predicted octanol–water partition coefficient (Wildman–Crippen LogP) is 4.79. The minimum Gasteiger partial charge on any atom is -0.383 e. The van der Waals surface area contributed by atoms with Gasteiger partial charge in [0.15, 0.2) is 0 Å². The van der Waals surface area contributed by atoms with Crippen LogP contribution in [0.4, 0.5) is 0 Å². The third-order valence-corrected chi connectivity index (χ3v) is 7.49.